The Morgan fingerprint density at radius 2 is 2.07 bits per heavy atom. The fourth-order valence-electron chi connectivity index (χ4n) is 3.04. The summed E-state index contributed by atoms with van der Waals surface area (Å²) in [5.74, 6) is 1.23. The van der Waals surface area contributed by atoms with E-state index in [-0.39, 0.29) is 0 Å². The van der Waals surface area contributed by atoms with Gasteiger partial charge >= 0.3 is 11.1 Å². The summed E-state index contributed by atoms with van der Waals surface area (Å²) in [5, 5.41) is 4.57. The van der Waals surface area contributed by atoms with Gasteiger partial charge in [0.15, 0.2) is 6.10 Å². The van der Waals surface area contributed by atoms with Gasteiger partial charge in [0.2, 0.25) is 5.82 Å². The Morgan fingerprint density at radius 3 is 2.83 bits per heavy atom. The van der Waals surface area contributed by atoms with Gasteiger partial charge in [-0.2, -0.15) is 4.98 Å². The number of rotatable bonds is 5. The molecule has 1 atom stereocenters. The van der Waals surface area contributed by atoms with Crippen molar-refractivity contribution < 1.29 is 9.26 Å². The van der Waals surface area contributed by atoms with Crippen molar-refractivity contribution in [3.8, 4) is 17.1 Å². The van der Waals surface area contributed by atoms with E-state index in [4.69, 9.17) is 20.9 Å². The Kier molecular flexibility index (Phi) is 4.94. The number of halogens is 1. The fraction of sp³-hybridized carbons (Fsp3) is 0.200. The first kappa shape index (κ1) is 18.9. The first-order valence-corrected chi connectivity index (χ1v) is 9.37. The van der Waals surface area contributed by atoms with E-state index in [0.717, 1.165) is 0 Å². The molecule has 0 aliphatic carbocycles. The molecular formula is C20H17ClN4O4. The van der Waals surface area contributed by atoms with Crippen molar-refractivity contribution in [3.63, 3.8) is 0 Å². The van der Waals surface area contributed by atoms with Gasteiger partial charge in [0.05, 0.1) is 11.0 Å². The smallest absolute Gasteiger partial charge is 0.316 e. The van der Waals surface area contributed by atoms with E-state index in [1.54, 1.807) is 56.3 Å². The average Bonchev–Trinajstić information content (AvgIpc) is 3.19. The van der Waals surface area contributed by atoms with Gasteiger partial charge in [-0.25, -0.2) is 0 Å². The lowest BCUT2D eigenvalue weighted by atomic mass is 10.2. The Labute approximate surface area is 169 Å². The maximum atomic E-state index is 12.0. The summed E-state index contributed by atoms with van der Waals surface area (Å²) in [6, 6.07) is 12.2. The summed E-state index contributed by atoms with van der Waals surface area (Å²) in [7, 11) is 0. The molecule has 4 aromatic rings. The minimum atomic E-state index is -0.672. The minimum Gasteiger partial charge on any atom is -0.481 e. The highest BCUT2D eigenvalue weighted by Crippen LogP contribution is 2.26. The topological polar surface area (TPSA) is 103 Å². The summed E-state index contributed by atoms with van der Waals surface area (Å²) in [4.78, 5) is 30.9. The number of nitrogens with zero attached hydrogens (tertiary/aromatic N) is 3. The second kappa shape index (κ2) is 7.56. The van der Waals surface area contributed by atoms with Crippen LogP contribution in [0.2, 0.25) is 5.02 Å². The van der Waals surface area contributed by atoms with Crippen LogP contribution in [0, 0.1) is 0 Å². The van der Waals surface area contributed by atoms with Crippen molar-refractivity contribution in [2.45, 2.75) is 26.5 Å². The number of benzene rings is 2. The predicted octanol–water partition coefficient (Wildman–Crippen LogP) is 3.55. The molecule has 0 radical (unpaired) electrons. The third-order valence-corrected chi connectivity index (χ3v) is 4.68. The quantitative estimate of drug-likeness (QED) is 0.503. The third-order valence-electron chi connectivity index (χ3n) is 4.45. The molecule has 4 rings (SSSR count). The summed E-state index contributed by atoms with van der Waals surface area (Å²) >= 11 is 5.97. The van der Waals surface area contributed by atoms with Gasteiger partial charge in [-0.05, 0) is 50.2 Å². The van der Waals surface area contributed by atoms with E-state index in [9.17, 15) is 9.59 Å². The van der Waals surface area contributed by atoms with Gasteiger partial charge in [-0.3, -0.25) is 9.59 Å². The van der Waals surface area contributed by atoms with E-state index < -0.39 is 17.2 Å². The van der Waals surface area contributed by atoms with Crippen molar-refractivity contribution >= 4 is 22.6 Å². The third kappa shape index (κ3) is 3.66. The number of aryl methyl sites for hydroxylation is 1. The fourth-order valence-corrected chi connectivity index (χ4v) is 3.23. The highest BCUT2D eigenvalue weighted by molar-refractivity contribution is 6.30. The van der Waals surface area contributed by atoms with Crippen molar-refractivity contribution in [1.29, 1.82) is 0 Å². The molecule has 0 bridgehead atoms. The van der Waals surface area contributed by atoms with Crippen molar-refractivity contribution in [3.05, 3.63) is 74.1 Å². The average molecular weight is 413 g/mol. The second-order valence-corrected chi connectivity index (χ2v) is 6.85. The molecule has 9 heteroatoms. The lowest BCUT2D eigenvalue weighted by Gasteiger charge is -2.10. The van der Waals surface area contributed by atoms with Gasteiger partial charge in [0, 0.05) is 17.1 Å². The van der Waals surface area contributed by atoms with E-state index >= 15 is 0 Å². The van der Waals surface area contributed by atoms with Crippen LogP contribution in [0.25, 0.3) is 22.4 Å². The number of fused-ring (bicyclic) bond motifs is 1. The van der Waals surface area contributed by atoms with Crippen LogP contribution in [-0.2, 0) is 6.54 Å². The minimum absolute atomic E-state index is 0.298. The maximum Gasteiger partial charge on any atom is 0.316 e. The lowest BCUT2D eigenvalue weighted by molar-refractivity contribution is 0.176. The Hall–Kier alpha value is -3.39. The predicted molar refractivity (Wildman–Crippen MR) is 108 cm³/mol. The lowest BCUT2D eigenvalue weighted by Crippen LogP contribution is -2.35. The molecular weight excluding hydrogens is 396 g/mol. The second-order valence-electron chi connectivity index (χ2n) is 6.41. The van der Waals surface area contributed by atoms with Crippen LogP contribution in [0.1, 0.15) is 25.8 Å². The number of hydrogen-bond donors (Lipinski definition) is 1. The molecule has 2 aromatic heterocycles. The summed E-state index contributed by atoms with van der Waals surface area (Å²) in [5.41, 5.74) is 0.528. The summed E-state index contributed by atoms with van der Waals surface area (Å²) in [6.07, 6.45) is -0.486. The van der Waals surface area contributed by atoms with Crippen LogP contribution < -0.4 is 15.9 Å². The van der Waals surface area contributed by atoms with Gasteiger partial charge in [0.1, 0.15) is 5.75 Å². The van der Waals surface area contributed by atoms with Gasteiger partial charge in [0.25, 0.3) is 5.89 Å². The largest absolute Gasteiger partial charge is 0.481 e. The number of H-pyrrole nitrogens is 1. The van der Waals surface area contributed by atoms with E-state index in [0.29, 0.717) is 45.6 Å². The zero-order valence-electron chi connectivity index (χ0n) is 15.7. The zero-order valence-corrected chi connectivity index (χ0v) is 16.4. The molecule has 0 amide bonds. The van der Waals surface area contributed by atoms with Gasteiger partial charge in [-0.15, -0.1) is 0 Å². The molecule has 2 heterocycles. The number of hydrogen-bond acceptors (Lipinski definition) is 6. The van der Waals surface area contributed by atoms with Gasteiger partial charge < -0.3 is 18.8 Å². The summed E-state index contributed by atoms with van der Waals surface area (Å²) in [6.45, 7) is 3.99. The van der Waals surface area contributed by atoms with Crippen LogP contribution in [0.15, 0.2) is 56.6 Å². The van der Waals surface area contributed by atoms with Crippen molar-refractivity contribution in [2.24, 2.45) is 0 Å². The molecule has 1 N–H and O–H groups in total. The number of nitrogens with one attached hydrogen (secondary N) is 1. The number of ether oxygens (including phenoxy) is 1. The van der Waals surface area contributed by atoms with E-state index in [1.165, 1.54) is 4.57 Å². The Bertz CT molecular complexity index is 1310. The number of aromatic amines is 1. The van der Waals surface area contributed by atoms with Crippen LogP contribution in [0.3, 0.4) is 0 Å². The molecule has 2 aromatic carbocycles. The highest BCUT2D eigenvalue weighted by Gasteiger charge is 2.18. The van der Waals surface area contributed by atoms with E-state index in [1.807, 2.05) is 0 Å². The normalized spacial score (nSPS) is 12.2. The molecule has 8 nitrogen and oxygen atoms in total. The standard InChI is InChI=1S/C20H17ClN4O4/c1-3-25-16-8-7-12(9-15(16)22-18(26)20(25)27)17-23-19(29-24-17)11(2)28-14-6-4-5-13(21)10-14/h4-11H,3H2,1-2H3,(H,22,26). The molecule has 0 fully saturated rings. The van der Waals surface area contributed by atoms with Crippen LogP contribution in [0.4, 0.5) is 0 Å². The zero-order chi connectivity index (χ0) is 20.5. The molecule has 0 saturated heterocycles. The van der Waals surface area contributed by atoms with Crippen LogP contribution in [0.5, 0.6) is 5.75 Å². The highest BCUT2D eigenvalue weighted by atomic mass is 35.5. The molecule has 0 aliphatic heterocycles. The first-order valence-electron chi connectivity index (χ1n) is 8.99. The molecule has 0 spiro atoms. The van der Waals surface area contributed by atoms with Crippen molar-refractivity contribution in [1.82, 2.24) is 19.7 Å². The SMILES string of the molecule is CCn1c(=O)c(=O)[nH]c2cc(-c3noc(C(C)Oc4cccc(Cl)c4)n3)ccc21. The summed E-state index contributed by atoms with van der Waals surface area (Å²) < 4.78 is 12.5. The number of aromatic nitrogens is 4. The molecule has 1 unspecified atom stereocenters. The maximum absolute atomic E-state index is 12.0. The first-order chi connectivity index (χ1) is 14.0. The van der Waals surface area contributed by atoms with Crippen LogP contribution in [-0.4, -0.2) is 19.7 Å². The molecule has 0 aliphatic rings. The van der Waals surface area contributed by atoms with Crippen LogP contribution >= 0.6 is 11.6 Å². The Balaban J connectivity index is 1.65. The monoisotopic (exact) mass is 412 g/mol. The molecule has 0 saturated carbocycles. The van der Waals surface area contributed by atoms with Gasteiger partial charge in [-0.1, -0.05) is 22.8 Å². The van der Waals surface area contributed by atoms with Crippen molar-refractivity contribution in [2.75, 3.05) is 0 Å². The molecule has 148 valence electrons. The van der Waals surface area contributed by atoms with E-state index in [2.05, 4.69) is 15.1 Å². The Morgan fingerprint density at radius 1 is 1.24 bits per heavy atom. The molecule has 29 heavy (non-hydrogen) atoms.